The van der Waals surface area contributed by atoms with Gasteiger partial charge in [-0.15, -0.1) is 0 Å². The van der Waals surface area contributed by atoms with Gasteiger partial charge in [-0.3, -0.25) is 0 Å². The number of rotatable bonds is 9. The first-order valence-corrected chi connectivity index (χ1v) is 26.5. The Labute approximate surface area is 442 Å². The number of aromatic nitrogens is 2. The lowest BCUT2D eigenvalue weighted by atomic mass is 9.89. The molecule has 2 heteroatoms. The van der Waals surface area contributed by atoms with Gasteiger partial charge >= 0.3 is 0 Å². The average Bonchev–Trinajstić information content (AvgIpc) is 4.24. The molecular formula is C74H50N2. The quantitative estimate of drug-likeness (QED) is 0.136. The van der Waals surface area contributed by atoms with Crippen LogP contribution in [0.1, 0.15) is 22.3 Å². The van der Waals surface area contributed by atoms with Gasteiger partial charge in [0, 0.05) is 32.9 Å². The predicted octanol–water partition coefficient (Wildman–Crippen LogP) is 19.4. The molecule has 0 bridgehead atoms. The van der Waals surface area contributed by atoms with Crippen LogP contribution < -0.4 is 0 Å². The third-order valence-corrected chi connectivity index (χ3v) is 16.0. The van der Waals surface area contributed by atoms with E-state index in [1.165, 1.54) is 138 Å². The highest BCUT2D eigenvalue weighted by Gasteiger charge is 2.22. The van der Waals surface area contributed by atoms with Crippen molar-refractivity contribution in [3.63, 3.8) is 0 Å². The Balaban J connectivity index is 0.756. The smallest absolute Gasteiger partial charge is 0.0542 e. The molecule has 1 aliphatic rings. The van der Waals surface area contributed by atoms with Crippen LogP contribution in [0.5, 0.6) is 0 Å². The van der Waals surface area contributed by atoms with Crippen molar-refractivity contribution in [2.24, 2.45) is 0 Å². The normalized spacial score (nSPS) is 11.9. The maximum absolute atomic E-state index is 2.46. The van der Waals surface area contributed by atoms with Gasteiger partial charge in [0.15, 0.2) is 0 Å². The van der Waals surface area contributed by atoms with Gasteiger partial charge in [-0.25, -0.2) is 0 Å². The van der Waals surface area contributed by atoms with Gasteiger partial charge in [-0.2, -0.15) is 0 Å². The van der Waals surface area contributed by atoms with Crippen LogP contribution in [0.4, 0.5) is 0 Å². The van der Waals surface area contributed by atoms with E-state index in [1.54, 1.807) is 0 Å². The highest BCUT2D eigenvalue weighted by molar-refractivity contribution is 6.12. The highest BCUT2D eigenvalue weighted by atomic mass is 15.0. The molecule has 356 valence electrons. The number of hydrogen-bond acceptors (Lipinski definition) is 0. The standard InChI is InChI=1S/C74H50N2/c1-2-17-51(18-3-1)60-23-8-9-25-62(60)56-22-16-21-53(45-56)50-34-36-52(37-35-50)61-24-10-11-28-65(61)63-26-6-4-19-54(63)43-49-33-41-73-69(44-49)66-29-12-14-31-71(66)76(73)59-40-42-74-70(48-59)67-30-13-15-32-72(67)75(74)58-39-38-57-46-55-20-5-7-27-64(55)68(57)47-58/h1-42,44-45,47-48H,43,46H2. The van der Waals surface area contributed by atoms with Gasteiger partial charge in [0.05, 0.1) is 22.1 Å². The van der Waals surface area contributed by atoms with Crippen LogP contribution in [0.3, 0.4) is 0 Å². The van der Waals surface area contributed by atoms with Crippen molar-refractivity contribution < 1.29 is 0 Å². The van der Waals surface area contributed by atoms with Gasteiger partial charge in [-0.1, -0.05) is 218 Å². The lowest BCUT2D eigenvalue weighted by Crippen LogP contribution is -1.97. The Kier molecular flexibility index (Phi) is 10.4. The molecule has 0 spiro atoms. The molecule has 76 heavy (non-hydrogen) atoms. The zero-order valence-electron chi connectivity index (χ0n) is 41.9. The van der Waals surface area contributed by atoms with Crippen molar-refractivity contribution in [1.82, 2.24) is 9.13 Å². The molecule has 0 amide bonds. The maximum atomic E-state index is 2.46. The SMILES string of the molecule is c1ccc(-c2ccccc2-c2cccc(-c3ccc(-c4ccccc4-c4ccccc4Cc4ccc5c(c4)c4ccccc4n5-c4ccc5c(c4)c4ccccc4n5-c4ccc5c(c4)-c4ccccc4C5)cc3)c2)cc1. The number of nitrogens with zero attached hydrogens (tertiary/aromatic N) is 2. The number of benzene rings is 12. The van der Waals surface area contributed by atoms with E-state index in [0.717, 1.165) is 18.5 Å². The first-order valence-electron chi connectivity index (χ1n) is 26.5. The summed E-state index contributed by atoms with van der Waals surface area (Å²) in [5.74, 6) is 0. The summed E-state index contributed by atoms with van der Waals surface area (Å²) in [6.07, 6.45) is 1.80. The molecule has 0 atom stereocenters. The molecule has 0 saturated carbocycles. The Hall–Kier alpha value is -9.76. The Bertz CT molecular complexity index is 4570. The van der Waals surface area contributed by atoms with Gasteiger partial charge < -0.3 is 9.13 Å². The minimum atomic E-state index is 0.808. The van der Waals surface area contributed by atoms with Crippen LogP contribution >= 0.6 is 0 Å². The Morgan fingerprint density at radius 3 is 1.49 bits per heavy atom. The molecule has 0 N–H and O–H groups in total. The summed E-state index contributed by atoms with van der Waals surface area (Å²) in [7, 11) is 0. The molecule has 12 aromatic carbocycles. The van der Waals surface area contributed by atoms with Crippen LogP contribution in [0.2, 0.25) is 0 Å². The molecule has 2 heterocycles. The summed E-state index contributed by atoms with van der Waals surface area (Å²) in [5, 5.41) is 5.02. The van der Waals surface area contributed by atoms with E-state index in [2.05, 4.69) is 288 Å². The van der Waals surface area contributed by atoms with Crippen molar-refractivity contribution in [3.05, 3.63) is 301 Å². The monoisotopic (exact) mass is 966 g/mol. The lowest BCUT2D eigenvalue weighted by Gasteiger charge is -2.15. The summed E-state index contributed by atoms with van der Waals surface area (Å²) in [6, 6.07) is 103. The van der Waals surface area contributed by atoms with E-state index in [9.17, 15) is 0 Å². The van der Waals surface area contributed by atoms with E-state index < -0.39 is 0 Å². The number of hydrogen-bond donors (Lipinski definition) is 0. The van der Waals surface area contributed by atoms with Crippen LogP contribution in [0.25, 0.3) is 122 Å². The molecule has 14 aromatic rings. The van der Waals surface area contributed by atoms with Gasteiger partial charge in [0.2, 0.25) is 0 Å². The van der Waals surface area contributed by atoms with E-state index in [4.69, 9.17) is 0 Å². The second kappa shape index (κ2) is 18.0. The molecule has 0 radical (unpaired) electrons. The van der Waals surface area contributed by atoms with Crippen LogP contribution in [-0.4, -0.2) is 9.13 Å². The third-order valence-electron chi connectivity index (χ3n) is 16.0. The van der Waals surface area contributed by atoms with E-state index >= 15 is 0 Å². The van der Waals surface area contributed by atoms with Crippen molar-refractivity contribution >= 4 is 43.6 Å². The molecule has 0 aliphatic heterocycles. The second-order valence-electron chi connectivity index (χ2n) is 20.4. The summed E-state index contributed by atoms with van der Waals surface area (Å²) in [4.78, 5) is 0. The van der Waals surface area contributed by atoms with Crippen LogP contribution in [0, 0.1) is 0 Å². The number of fused-ring (bicyclic) bond motifs is 9. The van der Waals surface area contributed by atoms with Crippen LogP contribution in [0.15, 0.2) is 279 Å². The van der Waals surface area contributed by atoms with E-state index in [1.807, 2.05) is 0 Å². The van der Waals surface area contributed by atoms with Crippen LogP contribution in [-0.2, 0) is 12.8 Å². The molecular weight excluding hydrogens is 917 g/mol. The first-order chi connectivity index (χ1) is 37.7. The largest absolute Gasteiger partial charge is 0.309 e. The molecule has 0 saturated heterocycles. The predicted molar refractivity (Wildman–Crippen MR) is 320 cm³/mol. The molecule has 1 aliphatic carbocycles. The summed E-state index contributed by atoms with van der Waals surface area (Å²) < 4.78 is 4.91. The van der Waals surface area contributed by atoms with Crippen molar-refractivity contribution in [2.45, 2.75) is 12.8 Å². The maximum Gasteiger partial charge on any atom is 0.0542 e. The zero-order chi connectivity index (χ0) is 50.1. The topological polar surface area (TPSA) is 9.86 Å². The molecule has 2 aromatic heterocycles. The minimum absolute atomic E-state index is 0.808. The first kappa shape index (κ1) is 43.8. The molecule has 0 unspecified atom stereocenters. The van der Waals surface area contributed by atoms with Crippen molar-refractivity contribution in [2.75, 3.05) is 0 Å². The van der Waals surface area contributed by atoms with Gasteiger partial charge in [-0.05, 0) is 163 Å². The Morgan fingerprint density at radius 2 is 0.737 bits per heavy atom. The van der Waals surface area contributed by atoms with E-state index in [-0.39, 0.29) is 0 Å². The summed E-state index contributed by atoms with van der Waals surface area (Å²) in [5.41, 5.74) is 27.5. The second-order valence-corrected chi connectivity index (χ2v) is 20.4. The fraction of sp³-hybridized carbons (Fsp3) is 0.0270. The zero-order valence-corrected chi connectivity index (χ0v) is 41.9. The van der Waals surface area contributed by atoms with Crippen molar-refractivity contribution in [3.8, 4) is 78.1 Å². The molecule has 15 rings (SSSR count). The van der Waals surface area contributed by atoms with E-state index in [0.29, 0.717) is 0 Å². The number of para-hydroxylation sites is 2. The third kappa shape index (κ3) is 7.33. The van der Waals surface area contributed by atoms with Gasteiger partial charge in [0.1, 0.15) is 0 Å². The lowest BCUT2D eigenvalue weighted by molar-refractivity contribution is 1.16. The van der Waals surface area contributed by atoms with Gasteiger partial charge in [0.25, 0.3) is 0 Å². The summed E-state index contributed by atoms with van der Waals surface area (Å²) >= 11 is 0. The Morgan fingerprint density at radius 1 is 0.250 bits per heavy atom. The average molecular weight is 967 g/mol. The van der Waals surface area contributed by atoms with Crippen molar-refractivity contribution in [1.29, 1.82) is 0 Å². The summed E-state index contributed by atoms with van der Waals surface area (Å²) in [6.45, 7) is 0. The minimum Gasteiger partial charge on any atom is -0.309 e. The molecule has 2 nitrogen and oxygen atoms in total. The molecule has 0 fully saturated rings. The fourth-order valence-corrected chi connectivity index (χ4v) is 12.5. The fourth-order valence-electron chi connectivity index (χ4n) is 12.5. The highest BCUT2D eigenvalue weighted by Crippen LogP contribution is 2.43.